The second kappa shape index (κ2) is 3.75. The number of hydrogen-bond acceptors (Lipinski definition) is 3. The molecule has 0 amide bonds. The van der Waals surface area contributed by atoms with Crippen molar-refractivity contribution in [1.82, 2.24) is 4.90 Å². The van der Waals surface area contributed by atoms with E-state index in [0.717, 1.165) is 31.7 Å². The van der Waals surface area contributed by atoms with Crippen molar-refractivity contribution < 1.29 is 4.42 Å². The van der Waals surface area contributed by atoms with Crippen molar-refractivity contribution in [3.05, 3.63) is 23.2 Å². The van der Waals surface area contributed by atoms with Crippen LogP contribution in [0.25, 0.3) is 0 Å². The number of furan rings is 1. The van der Waals surface area contributed by atoms with Crippen LogP contribution in [0.15, 0.2) is 10.7 Å². The highest BCUT2D eigenvalue weighted by Crippen LogP contribution is 2.33. The van der Waals surface area contributed by atoms with Gasteiger partial charge < -0.3 is 10.2 Å². The van der Waals surface area contributed by atoms with Crippen molar-refractivity contribution in [3.8, 4) is 0 Å². The summed E-state index contributed by atoms with van der Waals surface area (Å²) in [6, 6.07) is 0.459. The van der Waals surface area contributed by atoms with E-state index in [-0.39, 0.29) is 0 Å². The number of aryl methyl sites for hydroxylation is 1. The van der Waals surface area contributed by atoms with Crippen LogP contribution in [0.5, 0.6) is 0 Å². The SMILES string of the molecule is Cc1occ2c1CCN(C)C2CCN. The van der Waals surface area contributed by atoms with Gasteiger partial charge in [-0.25, -0.2) is 0 Å². The van der Waals surface area contributed by atoms with Gasteiger partial charge in [0.05, 0.1) is 6.26 Å². The lowest BCUT2D eigenvalue weighted by molar-refractivity contribution is 0.222. The van der Waals surface area contributed by atoms with Crippen LogP contribution in [0.4, 0.5) is 0 Å². The van der Waals surface area contributed by atoms with Crippen LogP contribution in [0.3, 0.4) is 0 Å². The number of nitrogens with zero attached hydrogens (tertiary/aromatic N) is 1. The van der Waals surface area contributed by atoms with Crippen molar-refractivity contribution in [2.45, 2.75) is 25.8 Å². The normalized spacial score (nSPS) is 22.4. The van der Waals surface area contributed by atoms with Crippen molar-refractivity contribution >= 4 is 0 Å². The van der Waals surface area contributed by atoms with E-state index >= 15 is 0 Å². The minimum atomic E-state index is 0.459. The average molecular weight is 194 g/mol. The summed E-state index contributed by atoms with van der Waals surface area (Å²) >= 11 is 0. The topological polar surface area (TPSA) is 42.4 Å². The van der Waals surface area contributed by atoms with Crippen LogP contribution in [0.2, 0.25) is 0 Å². The molecule has 1 aromatic heterocycles. The number of likely N-dealkylation sites (N-methyl/N-ethyl adjacent to an activating group) is 1. The maximum absolute atomic E-state index is 5.63. The molecule has 1 atom stereocenters. The fourth-order valence-corrected chi connectivity index (χ4v) is 2.31. The fourth-order valence-electron chi connectivity index (χ4n) is 2.31. The number of hydrogen-bond donors (Lipinski definition) is 1. The van der Waals surface area contributed by atoms with E-state index in [1.807, 2.05) is 13.2 Å². The lowest BCUT2D eigenvalue weighted by Crippen LogP contribution is -2.32. The number of fused-ring (bicyclic) bond motifs is 1. The predicted molar refractivity (Wildman–Crippen MR) is 56.2 cm³/mol. The summed E-state index contributed by atoms with van der Waals surface area (Å²) in [5, 5.41) is 0. The monoisotopic (exact) mass is 194 g/mol. The molecule has 2 N–H and O–H groups in total. The maximum Gasteiger partial charge on any atom is 0.104 e. The molecule has 0 aliphatic carbocycles. The van der Waals surface area contributed by atoms with Gasteiger partial charge in [0.15, 0.2) is 0 Å². The van der Waals surface area contributed by atoms with Crippen LogP contribution in [-0.4, -0.2) is 25.0 Å². The smallest absolute Gasteiger partial charge is 0.104 e. The summed E-state index contributed by atoms with van der Waals surface area (Å²) in [5.74, 6) is 1.08. The molecule has 2 rings (SSSR count). The van der Waals surface area contributed by atoms with E-state index in [0.29, 0.717) is 6.04 Å². The van der Waals surface area contributed by atoms with E-state index < -0.39 is 0 Å². The highest BCUT2D eigenvalue weighted by atomic mass is 16.3. The van der Waals surface area contributed by atoms with Gasteiger partial charge in [-0.15, -0.1) is 0 Å². The van der Waals surface area contributed by atoms with E-state index in [2.05, 4.69) is 11.9 Å². The summed E-state index contributed by atoms with van der Waals surface area (Å²) in [6.45, 7) is 3.89. The molecule has 1 unspecified atom stereocenters. The molecule has 1 aromatic rings. The van der Waals surface area contributed by atoms with E-state index in [9.17, 15) is 0 Å². The first-order valence-electron chi connectivity index (χ1n) is 5.21. The lowest BCUT2D eigenvalue weighted by atomic mass is 9.94. The third-order valence-corrected chi connectivity index (χ3v) is 3.18. The summed E-state index contributed by atoms with van der Waals surface area (Å²) in [7, 11) is 2.16. The van der Waals surface area contributed by atoms with E-state index in [1.165, 1.54) is 11.1 Å². The quantitative estimate of drug-likeness (QED) is 0.775. The van der Waals surface area contributed by atoms with E-state index in [1.54, 1.807) is 0 Å². The second-order valence-corrected chi connectivity index (χ2v) is 4.05. The second-order valence-electron chi connectivity index (χ2n) is 4.05. The molecule has 14 heavy (non-hydrogen) atoms. The fraction of sp³-hybridized carbons (Fsp3) is 0.636. The minimum Gasteiger partial charge on any atom is -0.469 e. The largest absolute Gasteiger partial charge is 0.469 e. The average Bonchev–Trinajstić information content (AvgIpc) is 2.53. The highest BCUT2D eigenvalue weighted by Gasteiger charge is 2.27. The van der Waals surface area contributed by atoms with Crippen molar-refractivity contribution in [3.63, 3.8) is 0 Å². The molecule has 3 nitrogen and oxygen atoms in total. The number of nitrogens with two attached hydrogens (primary N) is 1. The van der Waals surface area contributed by atoms with Gasteiger partial charge in [-0.05, 0) is 38.9 Å². The van der Waals surface area contributed by atoms with Gasteiger partial charge in [0, 0.05) is 18.2 Å². The van der Waals surface area contributed by atoms with Gasteiger partial charge >= 0.3 is 0 Å². The standard InChI is InChI=1S/C11H18N2O/c1-8-9-4-6-13(2)11(3-5-12)10(9)7-14-8/h7,11H,3-6,12H2,1-2H3. The summed E-state index contributed by atoms with van der Waals surface area (Å²) in [5.41, 5.74) is 8.38. The zero-order valence-electron chi connectivity index (χ0n) is 8.92. The van der Waals surface area contributed by atoms with E-state index in [4.69, 9.17) is 10.2 Å². The Labute approximate surface area is 84.9 Å². The first kappa shape index (κ1) is 9.74. The van der Waals surface area contributed by atoms with Crippen molar-refractivity contribution in [2.75, 3.05) is 20.1 Å². The zero-order valence-corrected chi connectivity index (χ0v) is 8.92. The minimum absolute atomic E-state index is 0.459. The molecule has 0 aromatic carbocycles. The molecule has 0 saturated carbocycles. The van der Waals surface area contributed by atoms with Crippen molar-refractivity contribution in [2.24, 2.45) is 5.73 Å². The van der Waals surface area contributed by atoms with Crippen LogP contribution < -0.4 is 5.73 Å². The molecule has 0 fully saturated rings. The first-order valence-corrected chi connectivity index (χ1v) is 5.21. The Morgan fingerprint density at radius 1 is 1.64 bits per heavy atom. The molecule has 0 spiro atoms. The van der Waals surface area contributed by atoms with Gasteiger partial charge in [-0.3, -0.25) is 4.90 Å². The van der Waals surface area contributed by atoms with Crippen molar-refractivity contribution in [1.29, 1.82) is 0 Å². The van der Waals surface area contributed by atoms with Crippen LogP contribution in [0, 0.1) is 6.92 Å². The first-order chi connectivity index (χ1) is 6.74. The summed E-state index contributed by atoms with van der Waals surface area (Å²) in [4.78, 5) is 2.37. The van der Waals surface area contributed by atoms with Gasteiger partial charge in [-0.2, -0.15) is 0 Å². The molecular formula is C11H18N2O. The molecule has 0 saturated heterocycles. The molecular weight excluding hydrogens is 176 g/mol. The predicted octanol–water partition coefficient (Wildman–Crippen LogP) is 1.47. The Bertz CT molecular complexity index is 319. The Balaban J connectivity index is 2.32. The molecule has 1 aliphatic heterocycles. The molecule has 2 heterocycles. The Kier molecular flexibility index (Phi) is 2.61. The highest BCUT2D eigenvalue weighted by molar-refractivity contribution is 5.32. The Morgan fingerprint density at radius 2 is 2.43 bits per heavy atom. The Morgan fingerprint density at radius 3 is 3.14 bits per heavy atom. The maximum atomic E-state index is 5.63. The summed E-state index contributed by atoms with van der Waals surface area (Å²) < 4.78 is 5.47. The molecule has 78 valence electrons. The molecule has 3 heteroatoms. The van der Waals surface area contributed by atoms with Gasteiger partial charge in [0.2, 0.25) is 0 Å². The lowest BCUT2D eigenvalue weighted by Gasteiger charge is -2.32. The third-order valence-electron chi connectivity index (χ3n) is 3.18. The van der Waals surface area contributed by atoms with Crippen LogP contribution >= 0.6 is 0 Å². The van der Waals surface area contributed by atoms with Crippen LogP contribution in [-0.2, 0) is 6.42 Å². The third kappa shape index (κ3) is 1.47. The molecule has 0 bridgehead atoms. The van der Waals surface area contributed by atoms with Crippen LogP contribution in [0.1, 0.15) is 29.3 Å². The molecule has 1 aliphatic rings. The summed E-state index contributed by atoms with van der Waals surface area (Å²) in [6.07, 6.45) is 4.03. The Hall–Kier alpha value is -0.800. The zero-order chi connectivity index (χ0) is 10.1. The van der Waals surface area contributed by atoms with Gasteiger partial charge in [0.25, 0.3) is 0 Å². The molecule has 0 radical (unpaired) electrons. The number of rotatable bonds is 2. The van der Waals surface area contributed by atoms with Gasteiger partial charge in [0.1, 0.15) is 5.76 Å². The van der Waals surface area contributed by atoms with Gasteiger partial charge in [-0.1, -0.05) is 0 Å².